The molecule has 88 valence electrons. The molecule has 1 aliphatic rings. The molecule has 0 amide bonds. The third kappa shape index (κ3) is 2.58. The Bertz CT molecular complexity index is 387. The molecule has 0 aliphatic heterocycles. The minimum atomic E-state index is -0.371. The highest BCUT2D eigenvalue weighted by atomic mass is 32.1. The van der Waals surface area contributed by atoms with Gasteiger partial charge in [0.15, 0.2) is 0 Å². The van der Waals surface area contributed by atoms with E-state index >= 15 is 0 Å². The van der Waals surface area contributed by atoms with E-state index in [1.807, 2.05) is 0 Å². The summed E-state index contributed by atoms with van der Waals surface area (Å²) in [6, 6.07) is 3.30. The molecule has 2 rings (SSSR count). The van der Waals surface area contributed by atoms with Crippen molar-refractivity contribution in [1.82, 2.24) is 5.32 Å². The zero-order valence-corrected chi connectivity index (χ0v) is 9.63. The highest BCUT2D eigenvalue weighted by Crippen LogP contribution is 2.44. The summed E-state index contributed by atoms with van der Waals surface area (Å²) in [5.41, 5.74) is 0.0865. The normalized spacial score (nSPS) is 17.3. The van der Waals surface area contributed by atoms with Crippen LogP contribution in [0.25, 0.3) is 0 Å². The molecule has 0 radical (unpaired) electrons. The van der Waals surface area contributed by atoms with Crippen molar-refractivity contribution < 1.29 is 10.0 Å². The van der Waals surface area contributed by atoms with Crippen LogP contribution in [0.5, 0.6) is 0 Å². The van der Waals surface area contributed by atoms with Gasteiger partial charge in [-0.1, -0.05) is 11.3 Å². The van der Waals surface area contributed by atoms with Gasteiger partial charge in [-0.25, -0.2) is 0 Å². The molecule has 1 aliphatic carbocycles. The predicted octanol–water partition coefficient (Wildman–Crippen LogP) is 1.52. The Morgan fingerprint density at radius 3 is 2.81 bits per heavy atom. The summed E-state index contributed by atoms with van der Waals surface area (Å²) >= 11 is 1.20. The number of rotatable bonds is 6. The van der Waals surface area contributed by atoms with Crippen molar-refractivity contribution >= 4 is 16.3 Å². The molecule has 1 heterocycles. The summed E-state index contributed by atoms with van der Waals surface area (Å²) in [4.78, 5) is 11.1. The minimum absolute atomic E-state index is 0.0865. The Kier molecular flexibility index (Phi) is 3.22. The topological polar surface area (TPSA) is 75.4 Å². The van der Waals surface area contributed by atoms with E-state index in [-0.39, 0.29) is 21.9 Å². The van der Waals surface area contributed by atoms with Gasteiger partial charge in [-0.2, -0.15) is 0 Å². The van der Waals surface area contributed by atoms with Gasteiger partial charge in [0.25, 0.3) is 0 Å². The third-order valence-corrected chi connectivity index (χ3v) is 3.96. The van der Waals surface area contributed by atoms with Crippen molar-refractivity contribution in [3.05, 3.63) is 27.1 Å². The first-order valence-corrected chi connectivity index (χ1v) is 6.02. The predicted molar refractivity (Wildman–Crippen MR) is 61.4 cm³/mol. The number of thiophene rings is 1. The van der Waals surface area contributed by atoms with E-state index in [2.05, 4.69) is 5.32 Å². The van der Waals surface area contributed by atoms with Crippen LogP contribution in [0, 0.1) is 15.5 Å². The molecule has 1 aromatic rings. The van der Waals surface area contributed by atoms with Gasteiger partial charge in [0.2, 0.25) is 0 Å². The number of nitro groups is 1. The van der Waals surface area contributed by atoms with E-state index in [1.165, 1.54) is 17.4 Å². The minimum Gasteiger partial charge on any atom is -0.396 e. The first-order valence-electron chi connectivity index (χ1n) is 5.20. The lowest BCUT2D eigenvalue weighted by atomic mass is 10.1. The molecule has 1 aromatic heterocycles. The molecule has 16 heavy (non-hydrogen) atoms. The van der Waals surface area contributed by atoms with Crippen LogP contribution < -0.4 is 5.32 Å². The molecule has 0 bridgehead atoms. The van der Waals surface area contributed by atoms with E-state index in [1.54, 1.807) is 6.07 Å². The lowest BCUT2D eigenvalue weighted by Crippen LogP contribution is -2.25. The quantitative estimate of drug-likeness (QED) is 0.586. The number of nitrogens with zero attached hydrogens (tertiary/aromatic N) is 1. The van der Waals surface area contributed by atoms with Gasteiger partial charge >= 0.3 is 5.00 Å². The lowest BCUT2D eigenvalue weighted by molar-refractivity contribution is -0.380. The Morgan fingerprint density at radius 1 is 1.56 bits per heavy atom. The van der Waals surface area contributed by atoms with Crippen molar-refractivity contribution in [2.75, 3.05) is 13.2 Å². The van der Waals surface area contributed by atoms with Gasteiger partial charge in [-0.15, -0.1) is 0 Å². The highest BCUT2D eigenvalue weighted by molar-refractivity contribution is 7.15. The fourth-order valence-electron chi connectivity index (χ4n) is 1.58. The van der Waals surface area contributed by atoms with Crippen molar-refractivity contribution in [2.24, 2.45) is 5.41 Å². The molecule has 0 atom stereocenters. The largest absolute Gasteiger partial charge is 0.396 e. The molecule has 1 fully saturated rings. The molecular formula is C10H14N2O3S. The lowest BCUT2D eigenvalue weighted by Gasteiger charge is -2.11. The maximum Gasteiger partial charge on any atom is 0.324 e. The number of hydrogen-bond acceptors (Lipinski definition) is 5. The van der Waals surface area contributed by atoms with Crippen molar-refractivity contribution in [3.63, 3.8) is 0 Å². The number of aliphatic hydroxyl groups is 1. The van der Waals surface area contributed by atoms with Gasteiger partial charge < -0.3 is 10.4 Å². The molecule has 6 heteroatoms. The molecule has 1 saturated carbocycles. The molecule has 0 spiro atoms. The Balaban J connectivity index is 1.79. The molecule has 0 saturated heterocycles. The first kappa shape index (κ1) is 11.5. The highest BCUT2D eigenvalue weighted by Gasteiger charge is 2.41. The summed E-state index contributed by atoms with van der Waals surface area (Å²) < 4.78 is 0. The van der Waals surface area contributed by atoms with Crippen molar-refractivity contribution in [2.45, 2.75) is 19.4 Å². The summed E-state index contributed by atoms with van der Waals surface area (Å²) in [6.45, 7) is 1.65. The SMILES string of the molecule is O=[N+]([O-])c1ccc(CNCC2(CO)CC2)s1. The zero-order valence-electron chi connectivity index (χ0n) is 8.81. The second-order valence-electron chi connectivity index (χ2n) is 4.26. The monoisotopic (exact) mass is 242 g/mol. The van der Waals surface area contributed by atoms with E-state index in [0.29, 0.717) is 6.54 Å². The van der Waals surface area contributed by atoms with Crippen LogP contribution in [0.1, 0.15) is 17.7 Å². The fourth-order valence-corrected chi connectivity index (χ4v) is 2.37. The second-order valence-corrected chi connectivity index (χ2v) is 5.41. The number of aliphatic hydroxyl groups excluding tert-OH is 1. The molecule has 5 nitrogen and oxygen atoms in total. The van der Waals surface area contributed by atoms with Crippen LogP contribution in [0.4, 0.5) is 5.00 Å². The Morgan fingerprint density at radius 2 is 2.31 bits per heavy atom. The van der Waals surface area contributed by atoms with Gasteiger partial charge in [-0.3, -0.25) is 10.1 Å². The molecule has 0 unspecified atom stereocenters. The van der Waals surface area contributed by atoms with Gasteiger partial charge in [-0.05, 0) is 18.9 Å². The van der Waals surface area contributed by atoms with Crippen LogP contribution >= 0.6 is 11.3 Å². The average molecular weight is 242 g/mol. The Hall–Kier alpha value is -0.980. The van der Waals surface area contributed by atoms with Gasteiger partial charge in [0, 0.05) is 36.1 Å². The van der Waals surface area contributed by atoms with Crippen LogP contribution in [-0.2, 0) is 6.54 Å². The fraction of sp³-hybridized carbons (Fsp3) is 0.600. The van der Waals surface area contributed by atoms with E-state index in [9.17, 15) is 10.1 Å². The summed E-state index contributed by atoms with van der Waals surface area (Å²) in [7, 11) is 0. The second kappa shape index (κ2) is 4.48. The maximum absolute atomic E-state index is 10.5. The summed E-state index contributed by atoms with van der Waals surface area (Å²) in [5, 5.41) is 23.0. The Labute approximate surface area is 97.3 Å². The zero-order chi connectivity index (χ0) is 11.6. The molecule has 0 aromatic carbocycles. The standard InChI is InChI=1S/C10H14N2O3S/c13-7-10(3-4-10)6-11-5-8-1-2-9(16-8)12(14)15/h1-2,11,13H,3-7H2. The smallest absolute Gasteiger partial charge is 0.324 e. The van der Waals surface area contributed by atoms with Crippen LogP contribution in [0.15, 0.2) is 12.1 Å². The van der Waals surface area contributed by atoms with Crippen LogP contribution in [-0.4, -0.2) is 23.2 Å². The number of nitrogens with one attached hydrogen (secondary N) is 1. The van der Waals surface area contributed by atoms with Gasteiger partial charge in [0.05, 0.1) is 4.92 Å². The van der Waals surface area contributed by atoms with Crippen molar-refractivity contribution in [1.29, 1.82) is 0 Å². The summed E-state index contributed by atoms with van der Waals surface area (Å²) in [6.07, 6.45) is 2.14. The van der Waals surface area contributed by atoms with Crippen molar-refractivity contribution in [3.8, 4) is 0 Å². The third-order valence-electron chi connectivity index (χ3n) is 2.92. The molecular weight excluding hydrogens is 228 g/mol. The average Bonchev–Trinajstić information content (AvgIpc) is 2.88. The first-order chi connectivity index (χ1) is 7.65. The van der Waals surface area contributed by atoms with E-state index < -0.39 is 0 Å². The number of hydrogen-bond donors (Lipinski definition) is 2. The summed E-state index contributed by atoms with van der Waals surface area (Å²) in [5.74, 6) is 0. The van der Waals surface area contributed by atoms with Crippen LogP contribution in [0.2, 0.25) is 0 Å². The van der Waals surface area contributed by atoms with Crippen LogP contribution in [0.3, 0.4) is 0 Å². The maximum atomic E-state index is 10.5. The van der Waals surface area contributed by atoms with E-state index in [4.69, 9.17) is 5.11 Å². The van der Waals surface area contributed by atoms with Gasteiger partial charge in [0.1, 0.15) is 0 Å². The molecule has 2 N–H and O–H groups in total. The van der Waals surface area contributed by atoms with E-state index in [0.717, 1.165) is 24.3 Å².